The van der Waals surface area contributed by atoms with Crippen molar-refractivity contribution in [3.05, 3.63) is 47.4 Å². The third-order valence-corrected chi connectivity index (χ3v) is 4.97. The summed E-state index contributed by atoms with van der Waals surface area (Å²) in [6.07, 6.45) is -1.61. The summed E-state index contributed by atoms with van der Waals surface area (Å²) >= 11 is 0. The van der Waals surface area contributed by atoms with E-state index in [1.165, 1.54) is 6.08 Å². The van der Waals surface area contributed by atoms with E-state index in [1.807, 2.05) is 0 Å². The number of aliphatic carboxylic acids is 1. The number of benzene rings is 1. The Morgan fingerprint density at radius 2 is 2.00 bits per heavy atom. The highest BCUT2D eigenvalue weighted by molar-refractivity contribution is 5.76. The standard InChI is InChI=1S/C18H13F5O5/c19-17(20)28-12-5-7(18(21,22)23)1-4-10(12)26-8-2-3-9-11(6-8)27-15-13(9)14(15)16(24)25/h1-2,4-6,9,13-15,17H,3H2,(H,24,25)/t9?,13-,14-,15-/m1/s1. The molecule has 0 spiro atoms. The molecule has 1 heterocycles. The lowest BCUT2D eigenvalue weighted by Gasteiger charge is -2.21. The molecule has 0 radical (unpaired) electrons. The molecule has 1 unspecified atom stereocenters. The third kappa shape index (κ3) is 3.27. The van der Waals surface area contributed by atoms with Crippen molar-refractivity contribution in [2.24, 2.45) is 17.8 Å². The molecule has 2 aliphatic carbocycles. The van der Waals surface area contributed by atoms with Gasteiger partial charge in [0.25, 0.3) is 0 Å². The molecule has 1 aromatic rings. The number of alkyl halides is 5. The summed E-state index contributed by atoms with van der Waals surface area (Å²) in [6, 6.07) is 2.05. The van der Waals surface area contributed by atoms with Gasteiger partial charge in [-0.1, -0.05) is 0 Å². The summed E-state index contributed by atoms with van der Waals surface area (Å²) in [5, 5.41) is 9.08. The van der Waals surface area contributed by atoms with Crippen LogP contribution in [0.4, 0.5) is 22.0 Å². The van der Waals surface area contributed by atoms with Gasteiger partial charge in [0, 0.05) is 17.9 Å². The lowest BCUT2D eigenvalue weighted by atomic mass is 9.92. The molecule has 1 saturated carbocycles. The number of fused-ring (bicyclic) bond motifs is 3. The lowest BCUT2D eigenvalue weighted by molar-refractivity contribution is -0.140. The van der Waals surface area contributed by atoms with Crippen LogP contribution >= 0.6 is 0 Å². The molecule has 1 saturated heterocycles. The average molecular weight is 404 g/mol. The topological polar surface area (TPSA) is 65.0 Å². The van der Waals surface area contributed by atoms with Crippen LogP contribution in [0.15, 0.2) is 41.9 Å². The molecule has 3 aliphatic rings. The van der Waals surface area contributed by atoms with Crippen molar-refractivity contribution in [3.63, 3.8) is 0 Å². The number of carbonyl (C=O) groups is 1. The van der Waals surface area contributed by atoms with Gasteiger partial charge in [-0.05, 0) is 30.7 Å². The van der Waals surface area contributed by atoms with Crippen LogP contribution in [0.25, 0.3) is 0 Å². The van der Waals surface area contributed by atoms with Gasteiger partial charge in [-0.25, -0.2) is 0 Å². The second-order valence-corrected chi connectivity index (χ2v) is 6.66. The van der Waals surface area contributed by atoms with Crippen LogP contribution < -0.4 is 9.47 Å². The number of hydrogen-bond donors (Lipinski definition) is 1. The van der Waals surface area contributed by atoms with Gasteiger partial charge in [0.05, 0.1) is 5.56 Å². The van der Waals surface area contributed by atoms with Crippen molar-refractivity contribution < 1.29 is 46.1 Å². The van der Waals surface area contributed by atoms with Gasteiger partial charge in [-0.2, -0.15) is 22.0 Å². The van der Waals surface area contributed by atoms with E-state index >= 15 is 0 Å². The van der Waals surface area contributed by atoms with Crippen molar-refractivity contribution in [2.75, 3.05) is 0 Å². The zero-order chi connectivity index (χ0) is 20.2. The lowest BCUT2D eigenvalue weighted by Crippen LogP contribution is -2.16. The van der Waals surface area contributed by atoms with E-state index < -0.39 is 42.1 Å². The van der Waals surface area contributed by atoms with Crippen molar-refractivity contribution >= 4 is 5.97 Å². The molecule has 150 valence electrons. The summed E-state index contributed by atoms with van der Waals surface area (Å²) in [4.78, 5) is 11.1. The molecule has 4 rings (SSSR count). The first kappa shape index (κ1) is 18.6. The Hall–Kier alpha value is -2.78. The average Bonchev–Trinajstić information content (AvgIpc) is 3.18. The number of rotatable bonds is 5. The molecule has 1 aliphatic heterocycles. The minimum atomic E-state index is -4.72. The van der Waals surface area contributed by atoms with Crippen molar-refractivity contribution in [2.45, 2.75) is 25.3 Å². The highest BCUT2D eigenvalue weighted by atomic mass is 19.4. The normalized spacial score (nSPS) is 27.9. The third-order valence-electron chi connectivity index (χ3n) is 4.97. The predicted molar refractivity (Wildman–Crippen MR) is 82.5 cm³/mol. The highest BCUT2D eigenvalue weighted by Gasteiger charge is 2.66. The van der Waals surface area contributed by atoms with E-state index in [9.17, 15) is 26.7 Å². The number of carboxylic acid groups (broad SMARTS) is 1. The van der Waals surface area contributed by atoms with Gasteiger partial charge in [0.1, 0.15) is 23.5 Å². The Balaban J connectivity index is 1.52. The SMILES string of the molecule is O=C(O)[C@H]1[C@@H]2OC3=CC(Oc4ccc(C(F)(F)F)cc4OC(F)F)=CCC3[C@@H]21. The van der Waals surface area contributed by atoms with Crippen LogP contribution in [-0.2, 0) is 15.7 Å². The largest absolute Gasteiger partial charge is 0.493 e. The zero-order valence-corrected chi connectivity index (χ0v) is 14.0. The summed E-state index contributed by atoms with van der Waals surface area (Å²) in [5.41, 5.74) is -1.15. The van der Waals surface area contributed by atoms with E-state index in [-0.39, 0.29) is 23.3 Å². The van der Waals surface area contributed by atoms with Crippen LogP contribution in [0, 0.1) is 17.8 Å². The Morgan fingerprint density at radius 3 is 2.64 bits per heavy atom. The molecule has 10 heteroatoms. The second kappa shape index (κ2) is 6.39. The molecular weight excluding hydrogens is 391 g/mol. The van der Waals surface area contributed by atoms with Crippen LogP contribution in [-0.4, -0.2) is 23.8 Å². The fourth-order valence-electron chi connectivity index (χ4n) is 3.69. The first-order valence-corrected chi connectivity index (χ1v) is 8.30. The monoisotopic (exact) mass is 404 g/mol. The van der Waals surface area contributed by atoms with E-state index in [4.69, 9.17) is 14.6 Å². The van der Waals surface area contributed by atoms with Crippen molar-refractivity contribution in [3.8, 4) is 11.5 Å². The van der Waals surface area contributed by atoms with Gasteiger partial charge < -0.3 is 19.3 Å². The molecule has 1 N–H and O–H groups in total. The second-order valence-electron chi connectivity index (χ2n) is 6.66. The smallest absolute Gasteiger partial charge is 0.416 e. The zero-order valence-electron chi connectivity index (χ0n) is 14.0. The number of allylic oxidation sites excluding steroid dienone is 3. The number of carboxylic acids is 1. The van der Waals surface area contributed by atoms with E-state index in [1.54, 1.807) is 6.08 Å². The van der Waals surface area contributed by atoms with Crippen LogP contribution in [0.5, 0.6) is 11.5 Å². The minimum Gasteiger partial charge on any atom is -0.493 e. The highest BCUT2D eigenvalue weighted by Crippen LogP contribution is 2.59. The van der Waals surface area contributed by atoms with Gasteiger partial charge >= 0.3 is 18.8 Å². The maximum absolute atomic E-state index is 12.8. The number of hydrogen-bond acceptors (Lipinski definition) is 4. The maximum Gasteiger partial charge on any atom is 0.416 e. The first-order chi connectivity index (χ1) is 13.1. The molecule has 1 aromatic carbocycles. The van der Waals surface area contributed by atoms with E-state index in [0.29, 0.717) is 24.3 Å². The van der Waals surface area contributed by atoms with E-state index in [0.717, 1.165) is 6.07 Å². The molecule has 5 nitrogen and oxygen atoms in total. The first-order valence-electron chi connectivity index (χ1n) is 8.30. The van der Waals surface area contributed by atoms with Gasteiger partial charge in [0.15, 0.2) is 11.5 Å². The van der Waals surface area contributed by atoms with Gasteiger partial charge in [0.2, 0.25) is 0 Å². The minimum absolute atomic E-state index is 0.108. The van der Waals surface area contributed by atoms with Crippen molar-refractivity contribution in [1.29, 1.82) is 0 Å². The summed E-state index contributed by atoms with van der Waals surface area (Å²) in [5.74, 6) is -2.02. The Kier molecular flexibility index (Phi) is 4.24. The van der Waals surface area contributed by atoms with Gasteiger partial charge in [-0.3, -0.25) is 4.79 Å². The maximum atomic E-state index is 12.8. The predicted octanol–water partition coefficient (Wildman–Crippen LogP) is 4.20. The Bertz CT molecular complexity index is 876. The number of halogens is 5. The van der Waals surface area contributed by atoms with E-state index in [2.05, 4.69) is 4.74 Å². The quantitative estimate of drug-likeness (QED) is 0.746. The van der Waals surface area contributed by atoms with Crippen LogP contribution in [0.2, 0.25) is 0 Å². The molecule has 0 aromatic heterocycles. The molecule has 28 heavy (non-hydrogen) atoms. The summed E-state index contributed by atoms with van der Waals surface area (Å²) in [7, 11) is 0. The molecular formula is C18H13F5O5. The fourth-order valence-corrected chi connectivity index (χ4v) is 3.69. The van der Waals surface area contributed by atoms with Crippen molar-refractivity contribution in [1.82, 2.24) is 0 Å². The molecule has 2 fully saturated rings. The molecule has 0 bridgehead atoms. The molecule has 4 atom stereocenters. The summed E-state index contributed by atoms with van der Waals surface area (Å²) < 4.78 is 78.8. The number of ether oxygens (including phenoxy) is 3. The van der Waals surface area contributed by atoms with Gasteiger partial charge in [-0.15, -0.1) is 0 Å². The molecule has 0 amide bonds. The fraction of sp³-hybridized carbons (Fsp3) is 0.389. The Labute approximate surface area is 155 Å². The van der Waals surface area contributed by atoms with Crippen LogP contribution in [0.1, 0.15) is 12.0 Å². The van der Waals surface area contributed by atoms with Crippen LogP contribution in [0.3, 0.4) is 0 Å². The Morgan fingerprint density at radius 1 is 1.25 bits per heavy atom. The summed E-state index contributed by atoms with van der Waals surface area (Å²) in [6.45, 7) is -3.33.